The van der Waals surface area contributed by atoms with Gasteiger partial charge >= 0.3 is 5.97 Å². The van der Waals surface area contributed by atoms with Crippen LogP contribution in [0.2, 0.25) is 0 Å². The molecule has 18 heteroatoms. The van der Waals surface area contributed by atoms with E-state index in [1.165, 1.54) is 33.5 Å². The summed E-state index contributed by atoms with van der Waals surface area (Å²) in [6.07, 6.45) is -10.7. The van der Waals surface area contributed by atoms with E-state index >= 15 is 0 Å². The van der Waals surface area contributed by atoms with Gasteiger partial charge < -0.3 is 83.9 Å². The minimum atomic E-state index is -1.72. The molecule has 2 saturated heterocycles. The second kappa shape index (κ2) is 21.0. The van der Waals surface area contributed by atoms with Crippen LogP contribution in [-0.2, 0) is 23.7 Å². The maximum atomic E-state index is 13.3. The van der Waals surface area contributed by atoms with Crippen LogP contribution in [0, 0.1) is 46.3 Å². The number of allylic oxidation sites excluding steroid dienone is 1. The summed E-state index contributed by atoms with van der Waals surface area (Å²) in [7, 11) is 4.25. The summed E-state index contributed by atoms with van der Waals surface area (Å²) >= 11 is 0. The molecule has 0 radical (unpaired) electrons. The molecule has 67 heavy (non-hydrogen) atoms. The number of carbonyl (C=O) groups is 1. The van der Waals surface area contributed by atoms with Crippen molar-refractivity contribution in [3.05, 3.63) is 29.3 Å². The van der Waals surface area contributed by atoms with Crippen molar-refractivity contribution in [1.29, 1.82) is 0 Å². The zero-order chi connectivity index (χ0) is 48.9. The van der Waals surface area contributed by atoms with Crippen molar-refractivity contribution in [3.8, 4) is 17.2 Å². The predicted molar refractivity (Wildman–Crippen MR) is 238 cm³/mol. The number of esters is 1. The number of ether oxygens (including phenoxy) is 8. The molecule has 22 atom stereocenters. The summed E-state index contributed by atoms with van der Waals surface area (Å²) in [5.41, 5.74) is 0.240. The average Bonchev–Trinajstić information content (AvgIpc) is 3.61. The van der Waals surface area contributed by atoms with Crippen LogP contribution in [0.15, 0.2) is 23.8 Å². The fourth-order valence-corrected chi connectivity index (χ4v) is 13.5. The monoisotopic (exact) mass is 953 g/mol. The van der Waals surface area contributed by atoms with E-state index in [1.54, 1.807) is 0 Å². The minimum Gasteiger partial charge on any atom is -0.493 e. The van der Waals surface area contributed by atoms with Crippen molar-refractivity contribution in [2.75, 3.05) is 34.5 Å². The molecule has 6 aliphatic rings. The highest BCUT2D eigenvalue weighted by Crippen LogP contribution is 2.69. The topological polar surface area (TPSA) is 273 Å². The first-order chi connectivity index (χ1) is 31.7. The van der Waals surface area contributed by atoms with Gasteiger partial charge in [-0.15, -0.1) is 0 Å². The quantitative estimate of drug-likeness (QED) is 0.0897. The molecule has 1 aromatic rings. The maximum absolute atomic E-state index is 13.3. The molecular formula is C49H76O18. The summed E-state index contributed by atoms with van der Waals surface area (Å²) in [5, 5.41) is 99.0. The molecule has 18 nitrogen and oxygen atoms in total. The normalized spacial score (nSPS) is 43.7. The van der Waals surface area contributed by atoms with Crippen LogP contribution in [0.25, 0.3) is 0 Å². The number of aliphatic hydroxyl groups is 9. The summed E-state index contributed by atoms with van der Waals surface area (Å²) < 4.78 is 47.1. The number of fused-ring (bicyclic) bond motifs is 5. The van der Waals surface area contributed by atoms with Crippen LogP contribution in [-0.4, -0.2) is 172 Å². The van der Waals surface area contributed by atoms with Crippen molar-refractivity contribution < 1.29 is 88.6 Å². The van der Waals surface area contributed by atoms with Crippen LogP contribution >= 0.6 is 0 Å². The molecule has 4 aliphatic carbocycles. The molecule has 1 aromatic carbocycles. The number of hydrogen-bond donors (Lipinski definition) is 9. The lowest BCUT2D eigenvalue weighted by molar-refractivity contribution is -0.333. The van der Waals surface area contributed by atoms with Crippen LogP contribution < -0.4 is 14.2 Å². The van der Waals surface area contributed by atoms with Gasteiger partial charge in [0.2, 0.25) is 5.75 Å². The molecule has 380 valence electrons. The Morgan fingerprint density at radius 2 is 1.40 bits per heavy atom. The lowest BCUT2D eigenvalue weighted by atomic mass is 9.43. The molecule has 0 spiro atoms. The van der Waals surface area contributed by atoms with Gasteiger partial charge in [0.15, 0.2) is 24.1 Å². The fraction of sp³-hybridized carbons (Fsp3) is 0.816. The van der Waals surface area contributed by atoms with E-state index in [4.69, 9.17) is 37.9 Å². The second-order valence-corrected chi connectivity index (χ2v) is 20.9. The first-order valence-corrected chi connectivity index (χ1v) is 24.0. The van der Waals surface area contributed by atoms with E-state index in [2.05, 4.69) is 13.8 Å². The van der Waals surface area contributed by atoms with Gasteiger partial charge in [-0.05, 0) is 117 Å². The molecule has 2 heterocycles. The first kappa shape index (κ1) is 52.1. The summed E-state index contributed by atoms with van der Waals surface area (Å²) in [4.78, 5) is 13.3. The fourth-order valence-electron chi connectivity index (χ4n) is 13.5. The molecule has 6 fully saturated rings. The first-order valence-electron chi connectivity index (χ1n) is 24.0. The highest BCUT2D eigenvalue weighted by molar-refractivity contribution is 5.91. The standard InChI is InChI=1S/C49H76O18/c1-22(2)9-12-30(52)23(3)37-31(64-46-42(57)40(55)38(53)34(20-50)65-46)19-29-27-11-10-25-17-26(51)18-36(49(25,5)28(27)13-14-48(29,37)4)67-47-43(58)41(56)39(54)35(66-47)21-63-45(59)24-15-32(60-6)44(62-8)33(16-24)61-7/h9,15-16,23,25-31,34-43,46-47,50-58H,10-14,17-21H2,1-8H3/t23-,25+,26-,27-,28+,29+,30+,31+,34-,35-,36-,37+,38-,39-,40+,41+,42-,43-,46-,47+,48+,49+/m1/s1. The van der Waals surface area contributed by atoms with E-state index in [1.807, 2.05) is 26.8 Å². The number of aliphatic hydroxyl groups excluding tert-OH is 9. The van der Waals surface area contributed by atoms with E-state index in [0.717, 1.165) is 31.3 Å². The molecule has 9 N–H and O–H groups in total. The summed E-state index contributed by atoms with van der Waals surface area (Å²) in [6, 6.07) is 2.83. The largest absolute Gasteiger partial charge is 0.493 e. The number of carbonyl (C=O) groups excluding carboxylic acids is 1. The van der Waals surface area contributed by atoms with Gasteiger partial charge in [0.05, 0.1) is 57.9 Å². The Morgan fingerprint density at radius 1 is 0.791 bits per heavy atom. The predicted octanol–water partition coefficient (Wildman–Crippen LogP) is 1.84. The number of methoxy groups -OCH3 is 3. The van der Waals surface area contributed by atoms with E-state index in [9.17, 15) is 50.8 Å². The van der Waals surface area contributed by atoms with Gasteiger partial charge in [-0.2, -0.15) is 0 Å². The van der Waals surface area contributed by atoms with Crippen molar-refractivity contribution in [1.82, 2.24) is 0 Å². The second-order valence-electron chi connectivity index (χ2n) is 20.9. The van der Waals surface area contributed by atoms with Crippen molar-refractivity contribution in [3.63, 3.8) is 0 Å². The van der Waals surface area contributed by atoms with Gasteiger partial charge in [-0.1, -0.05) is 32.4 Å². The number of rotatable bonds is 15. The Kier molecular flexibility index (Phi) is 16.3. The zero-order valence-electron chi connectivity index (χ0n) is 40.0. The van der Waals surface area contributed by atoms with Crippen LogP contribution in [0.5, 0.6) is 17.2 Å². The molecule has 0 aromatic heterocycles. The van der Waals surface area contributed by atoms with E-state index in [-0.39, 0.29) is 70.2 Å². The summed E-state index contributed by atoms with van der Waals surface area (Å²) in [6.45, 7) is 9.35. The SMILES string of the molecule is COc1cc(C(=O)OC[C@H]2O[C@@H](O[C@@H]3C[C@H](O)C[C@@H]4CC[C@H]5[C@@H]6C[C@H](O[C@@H]7O[C@H](CO)[C@@H](O)[C@H](O)[C@H]7O)[C@H]([C@H](C)[C@@H](O)CC=C(C)C)[C@@]6(C)CC[C@@H]5[C@]43C)[C@H](O)[C@@H](O)[C@@H]2O)cc(OC)c1OC. The summed E-state index contributed by atoms with van der Waals surface area (Å²) in [5.74, 6) is -0.272. The molecule has 7 rings (SSSR count). The van der Waals surface area contributed by atoms with Crippen molar-refractivity contribution in [2.45, 2.75) is 172 Å². The van der Waals surface area contributed by atoms with Gasteiger partial charge in [-0.3, -0.25) is 0 Å². The van der Waals surface area contributed by atoms with Crippen LogP contribution in [0.4, 0.5) is 0 Å². The average molecular weight is 953 g/mol. The van der Waals surface area contributed by atoms with Crippen LogP contribution in [0.3, 0.4) is 0 Å². The molecule has 0 amide bonds. The Morgan fingerprint density at radius 3 is 2.00 bits per heavy atom. The third-order valence-electron chi connectivity index (χ3n) is 17.1. The van der Waals surface area contributed by atoms with Crippen molar-refractivity contribution >= 4 is 5.97 Å². The lowest BCUT2D eigenvalue weighted by Gasteiger charge is -2.63. The minimum absolute atomic E-state index is 0.0292. The Bertz CT molecular complexity index is 1850. The van der Waals surface area contributed by atoms with Gasteiger partial charge in [0.1, 0.15) is 55.4 Å². The third kappa shape index (κ3) is 9.74. The Labute approximate surface area is 393 Å². The molecule has 4 saturated carbocycles. The van der Waals surface area contributed by atoms with Gasteiger partial charge in [0.25, 0.3) is 0 Å². The zero-order valence-corrected chi connectivity index (χ0v) is 40.0. The molecule has 0 unspecified atom stereocenters. The van der Waals surface area contributed by atoms with E-state index in [0.29, 0.717) is 19.3 Å². The van der Waals surface area contributed by atoms with E-state index < -0.39 is 110 Å². The smallest absolute Gasteiger partial charge is 0.338 e. The molecule has 0 bridgehead atoms. The maximum Gasteiger partial charge on any atom is 0.338 e. The van der Waals surface area contributed by atoms with Gasteiger partial charge in [0, 0.05) is 6.42 Å². The Hall–Kier alpha value is -2.69. The van der Waals surface area contributed by atoms with Crippen molar-refractivity contribution in [2.24, 2.45) is 46.3 Å². The van der Waals surface area contributed by atoms with Crippen LogP contribution in [0.1, 0.15) is 96.3 Å². The highest BCUT2D eigenvalue weighted by Gasteiger charge is 2.66. The highest BCUT2D eigenvalue weighted by atomic mass is 16.7. The van der Waals surface area contributed by atoms with Gasteiger partial charge in [-0.25, -0.2) is 4.79 Å². The Balaban J connectivity index is 1.13. The molecule has 2 aliphatic heterocycles. The number of hydrogen-bond acceptors (Lipinski definition) is 18. The number of benzene rings is 1. The lowest BCUT2D eigenvalue weighted by Crippen LogP contribution is -2.64. The molecular weight excluding hydrogens is 877 g/mol. The third-order valence-corrected chi connectivity index (χ3v) is 17.1.